The van der Waals surface area contributed by atoms with E-state index < -0.39 is 11.7 Å². The summed E-state index contributed by atoms with van der Waals surface area (Å²) < 4.78 is 5.60. The first-order chi connectivity index (χ1) is 13.0. The Balaban J connectivity index is 1.60. The van der Waals surface area contributed by atoms with Gasteiger partial charge in [0.1, 0.15) is 5.78 Å². The zero-order valence-corrected chi connectivity index (χ0v) is 18.4. The molecule has 0 aromatic heterocycles. The molecule has 1 saturated heterocycles. The van der Waals surface area contributed by atoms with Crippen molar-refractivity contribution < 1.29 is 14.6 Å². The normalized spacial score (nSPS) is 54.9. The van der Waals surface area contributed by atoms with Crippen molar-refractivity contribution in [3.8, 4) is 0 Å². The van der Waals surface area contributed by atoms with Crippen molar-refractivity contribution in [2.45, 2.75) is 85.9 Å². The van der Waals surface area contributed by atoms with Crippen LogP contribution in [0.15, 0.2) is 11.6 Å². The van der Waals surface area contributed by atoms with Crippen LogP contribution in [-0.2, 0) is 9.53 Å². The number of hydrogen-bond donors (Lipinski definition) is 1. The summed E-state index contributed by atoms with van der Waals surface area (Å²) >= 11 is 0. The summed E-state index contributed by atoms with van der Waals surface area (Å²) in [5.41, 5.74) is 1.51. The molecule has 0 amide bonds. The number of rotatable bonds is 0. The van der Waals surface area contributed by atoms with Gasteiger partial charge in [-0.2, -0.15) is 0 Å². The third kappa shape index (κ3) is 2.16. The van der Waals surface area contributed by atoms with Gasteiger partial charge in [0, 0.05) is 17.8 Å². The van der Waals surface area contributed by atoms with Crippen molar-refractivity contribution in [2.75, 3.05) is 6.61 Å². The van der Waals surface area contributed by atoms with Crippen LogP contribution in [0, 0.1) is 45.3 Å². The highest BCUT2D eigenvalue weighted by molar-refractivity contribution is 5.87. The lowest BCUT2D eigenvalue weighted by atomic mass is 9.35. The van der Waals surface area contributed by atoms with E-state index in [0.717, 1.165) is 12.3 Å². The molecule has 3 nitrogen and oxygen atoms in total. The minimum atomic E-state index is -0.816. The maximum atomic E-state index is 13.8. The molecular weight excluding hydrogens is 348 g/mol. The highest BCUT2D eigenvalue weighted by atomic mass is 16.6. The Bertz CT molecular complexity index is 738. The fourth-order valence-corrected chi connectivity index (χ4v) is 9.45. The van der Waals surface area contributed by atoms with Gasteiger partial charge >= 0.3 is 0 Å². The lowest BCUT2D eigenvalue weighted by Gasteiger charge is -2.69. The molecular formula is C25H38O3. The van der Waals surface area contributed by atoms with E-state index in [1.165, 1.54) is 37.7 Å². The molecule has 0 spiro atoms. The fraction of sp³-hybridized carbons (Fsp3) is 0.880. The van der Waals surface area contributed by atoms with Crippen LogP contribution in [0.2, 0.25) is 0 Å². The first kappa shape index (κ1) is 19.3. The van der Waals surface area contributed by atoms with Crippen LogP contribution in [0.4, 0.5) is 0 Å². The van der Waals surface area contributed by atoms with Crippen LogP contribution >= 0.6 is 0 Å². The number of ketones is 1. The summed E-state index contributed by atoms with van der Waals surface area (Å²) in [6, 6.07) is 0. The molecule has 5 rings (SSSR count). The second-order valence-corrected chi connectivity index (χ2v) is 12.2. The summed E-state index contributed by atoms with van der Waals surface area (Å²) in [6.45, 7) is 12.6. The maximum absolute atomic E-state index is 13.8. The first-order valence-corrected chi connectivity index (χ1v) is 11.6. The summed E-state index contributed by atoms with van der Waals surface area (Å²) in [6.07, 6.45) is 9.57. The van der Waals surface area contributed by atoms with E-state index >= 15 is 0 Å². The average Bonchev–Trinajstić information content (AvgIpc) is 2.99. The van der Waals surface area contributed by atoms with E-state index in [9.17, 15) is 9.90 Å². The average molecular weight is 387 g/mol. The molecule has 0 aromatic carbocycles. The Morgan fingerprint density at radius 1 is 1.00 bits per heavy atom. The van der Waals surface area contributed by atoms with Crippen molar-refractivity contribution in [2.24, 2.45) is 45.3 Å². The van der Waals surface area contributed by atoms with E-state index in [1.54, 1.807) is 0 Å². The Hall–Kier alpha value is -0.670. The van der Waals surface area contributed by atoms with Gasteiger partial charge in [-0.1, -0.05) is 47.1 Å². The molecule has 4 fully saturated rings. The van der Waals surface area contributed by atoms with Crippen molar-refractivity contribution in [3.63, 3.8) is 0 Å². The Labute approximate surface area is 170 Å². The van der Waals surface area contributed by atoms with Gasteiger partial charge in [0.05, 0.1) is 6.61 Å². The number of allylic oxidation sites excluding steroid dienone is 1. The molecule has 0 radical (unpaired) electrons. The summed E-state index contributed by atoms with van der Waals surface area (Å²) in [5.74, 6) is 1.77. The lowest BCUT2D eigenvalue weighted by Crippen LogP contribution is -2.65. The zero-order chi connectivity index (χ0) is 20.1. The van der Waals surface area contributed by atoms with Crippen LogP contribution in [0.5, 0.6) is 0 Å². The van der Waals surface area contributed by atoms with Gasteiger partial charge in [0.15, 0.2) is 6.29 Å². The third-order valence-electron chi connectivity index (χ3n) is 10.7. The number of aliphatic hydroxyl groups is 1. The highest BCUT2D eigenvalue weighted by Crippen LogP contribution is 2.72. The molecule has 1 heterocycles. The van der Waals surface area contributed by atoms with Gasteiger partial charge in [-0.3, -0.25) is 4.79 Å². The summed E-state index contributed by atoms with van der Waals surface area (Å²) in [5, 5.41) is 10.6. The first-order valence-electron chi connectivity index (χ1n) is 11.6. The van der Waals surface area contributed by atoms with E-state index in [1.807, 2.05) is 0 Å². The maximum Gasteiger partial charge on any atom is 0.162 e. The molecule has 3 saturated carbocycles. The molecule has 0 bridgehead atoms. The smallest absolute Gasteiger partial charge is 0.162 e. The third-order valence-corrected chi connectivity index (χ3v) is 10.7. The second-order valence-electron chi connectivity index (χ2n) is 12.2. The summed E-state index contributed by atoms with van der Waals surface area (Å²) in [4.78, 5) is 13.8. The standard InChI is InChI=1S/C25H38O3/c1-22(2)10-6-11-23(3)16(22)9-12-24(4)17-8-7-15-14-28-21(27)20(15)25(17,5)19(26)13-18(23)24/h7,16-18,20-21,27H,6,8-14H2,1-5H3/t16?,17?,18-,20-,21-,23+,24+,25-/m1/s1. The molecule has 1 N–H and O–H groups in total. The van der Waals surface area contributed by atoms with E-state index in [2.05, 4.69) is 40.7 Å². The Morgan fingerprint density at radius 3 is 2.46 bits per heavy atom. The number of Topliss-reactive ketones (excluding diaryl/α,β-unsaturated/α-hetero) is 1. The van der Waals surface area contributed by atoms with Gasteiger partial charge in [-0.25, -0.2) is 0 Å². The van der Waals surface area contributed by atoms with Crippen molar-refractivity contribution >= 4 is 5.78 Å². The van der Waals surface area contributed by atoms with Crippen LogP contribution in [0.25, 0.3) is 0 Å². The number of aliphatic hydroxyl groups excluding tert-OH is 1. The molecule has 5 aliphatic rings. The minimum Gasteiger partial charge on any atom is -0.367 e. The number of fused-ring (bicyclic) bond motifs is 7. The molecule has 0 aromatic rings. The minimum absolute atomic E-state index is 0.134. The van der Waals surface area contributed by atoms with Crippen molar-refractivity contribution in [1.82, 2.24) is 0 Å². The summed E-state index contributed by atoms with van der Waals surface area (Å²) in [7, 11) is 0. The molecule has 156 valence electrons. The highest BCUT2D eigenvalue weighted by Gasteiger charge is 2.69. The number of carbonyl (C=O) groups is 1. The van der Waals surface area contributed by atoms with Gasteiger partial charge in [-0.05, 0) is 71.7 Å². The van der Waals surface area contributed by atoms with Crippen LogP contribution in [0.1, 0.15) is 79.6 Å². The van der Waals surface area contributed by atoms with E-state index in [4.69, 9.17) is 4.74 Å². The fourth-order valence-electron chi connectivity index (χ4n) is 9.45. The second kappa shape index (κ2) is 5.72. The predicted octanol–water partition coefficient (Wildman–Crippen LogP) is 5.13. The molecule has 4 aliphatic carbocycles. The predicted molar refractivity (Wildman–Crippen MR) is 109 cm³/mol. The molecule has 2 unspecified atom stereocenters. The topological polar surface area (TPSA) is 46.5 Å². The van der Waals surface area contributed by atoms with Crippen LogP contribution in [-0.4, -0.2) is 23.8 Å². The monoisotopic (exact) mass is 386 g/mol. The van der Waals surface area contributed by atoms with Crippen molar-refractivity contribution in [3.05, 3.63) is 11.6 Å². The van der Waals surface area contributed by atoms with Gasteiger partial charge < -0.3 is 9.84 Å². The van der Waals surface area contributed by atoms with Gasteiger partial charge in [0.25, 0.3) is 0 Å². The largest absolute Gasteiger partial charge is 0.367 e. The quantitative estimate of drug-likeness (QED) is 0.587. The van der Waals surface area contributed by atoms with E-state index in [-0.39, 0.29) is 16.7 Å². The molecule has 8 atom stereocenters. The van der Waals surface area contributed by atoms with Gasteiger partial charge in [0.2, 0.25) is 0 Å². The lowest BCUT2D eigenvalue weighted by molar-refractivity contribution is -0.210. The molecule has 28 heavy (non-hydrogen) atoms. The number of hydrogen-bond acceptors (Lipinski definition) is 3. The van der Waals surface area contributed by atoms with Crippen molar-refractivity contribution in [1.29, 1.82) is 0 Å². The van der Waals surface area contributed by atoms with E-state index in [0.29, 0.717) is 36.1 Å². The SMILES string of the molecule is CC1(C)CCC[C@@]2(C)C1CC[C@@]1(C)C3CC=C4CO[C@@H](O)[C@@H]4[C@@]3(C)C(=O)C[C@H]21. The Kier molecular flexibility index (Phi) is 3.95. The zero-order valence-electron chi connectivity index (χ0n) is 18.4. The molecule has 3 heteroatoms. The Morgan fingerprint density at radius 2 is 1.71 bits per heavy atom. The van der Waals surface area contributed by atoms with Crippen LogP contribution in [0.3, 0.4) is 0 Å². The number of carbonyl (C=O) groups excluding carboxylic acids is 1. The van der Waals surface area contributed by atoms with Crippen LogP contribution < -0.4 is 0 Å². The molecule has 1 aliphatic heterocycles. The van der Waals surface area contributed by atoms with Gasteiger partial charge in [-0.15, -0.1) is 0 Å². The number of ether oxygens (including phenoxy) is 1.